The standard InChI is InChI=1S/C24H30N4O5S/c29-23(25-26-24(30)18-27-13-3-5-20-4-1-2-6-22(20)27)12-9-19-7-10-21(11-8-19)34(31,32)28-14-16-33-17-15-28/h1-2,4,6-8,10-11H,3,5,9,12-18H2,(H,25,29)(H,26,30). The van der Waals surface area contributed by atoms with Crippen molar-refractivity contribution >= 4 is 27.5 Å². The number of nitrogens with one attached hydrogen (secondary N) is 2. The van der Waals surface area contributed by atoms with E-state index in [0.29, 0.717) is 32.7 Å². The summed E-state index contributed by atoms with van der Waals surface area (Å²) >= 11 is 0. The number of anilines is 1. The summed E-state index contributed by atoms with van der Waals surface area (Å²) in [6.45, 7) is 2.47. The Morgan fingerprint density at radius 3 is 2.38 bits per heavy atom. The van der Waals surface area contributed by atoms with Crippen molar-refractivity contribution in [3.8, 4) is 0 Å². The van der Waals surface area contributed by atoms with E-state index in [1.165, 1.54) is 9.87 Å². The second-order valence-electron chi connectivity index (χ2n) is 8.41. The number of morpholine rings is 1. The predicted octanol–water partition coefficient (Wildman–Crippen LogP) is 1.24. The summed E-state index contributed by atoms with van der Waals surface area (Å²) in [5.41, 5.74) is 8.09. The molecule has 2 heterocycles. The zero-order valence-electron chi connectivity index (χ0n) is 19.0. The lowest BCUT2D eigenvalue weighted by atomic mass is 10.0. The third-order valence-corrected chi connectivity index (χ3v) is 7.97. The summed E-state index contributed by atoms with van der Waals surface area (Å²) in [6, 6.07) is 14.6. The van der Waals surface area contributed by atoms with Crippen molar-refractivity contribution in [2.24, 2.45) is 0 Å². The summed E-state index contributed by atoms with van der Waals surface area (Å²) in [4.78, 5) is 26.8. The highest BCUT2D eigenvalue weighted by Gasteiger charge is 2.26. The van der Waals surface area contributed by atoms with Crippen LogP contribution in [0.2, 0.25) is 0 Å². The molecule has 9 nitrogen and oxygen atoms in total. The van der Waals surface area contributed by atoms with Crippen LogP contribution in [0.25, 0.3) is 0 Å². The fourth-order valence-electron chi connectivity index (χ4n) is 4.21. The number of hydrogen-bond donors (Lipinski definition) is 2. The molecule has 2 aromatic carbocycles. The lowest BCUT2D eigenvalue weighted by molar-refractivity contribution is -0.128. The molecule has 4 rings (SSSR count). The van der Waals surface area contributed by atoms with E-state index in [1.807, 2.05) is 23.1 Å². The number of benzene rings is 2. The minimum Gasteiger partial charge on any atom is -0.379 e. The third-order valence-electron chi connectivity index (χ3n) is 6.05. The second-order valence-corrected chi connectivity index (χ2v) is 10.3. The molecule has 0 atom stereocenters. The molecule has 0 unspecified atom stereocenters. The van der Waals surface area contributed by atoms with E-state index < -0.39 is 10.0 Å². The number of rotatable bonds is 7. The Hall–Kier alpha value is -2.95. The second kappa shape index (κ2) is 11.0. The molecule has 2 amide bonds. The largest absolute Gasteiger partial charge is 0.379 e. The van der Waals surface area contributed by atoms with Crippen LogP contribution in [0.3, 0.4) is 0 Å². The maximum Gasteiger partial charge on any atom is 0.257 e. The lowest BCUT2D eigenvalue weighted by Gasteiger charge is -2.30. The van der Waals surface area contributed by atoms with Gasteiger partial charge >= 0.3 is 0 Å². The smallest absolute Gasteiger partial charge is 0.257 e. The molecule has 1 saturated heterocycles. The minimum absolute atomic E-state index is 0.169. The van der Waals surface area contributed by atoms with E-state index in [1.54, 1.807) is 24.3 Å². The summed E-state index contributed by atoms with van der Waals surface area (Å²) in [7, 11) is -3.54. The number of hydrogen-bond acceptors (Lipinski definition) is 6. The van der Waals surface area contributed by atoms with Crippen LogP contribution >= 0.6 is 0 Å². The highest BCUT2D eigenvalue weighted by Crippen LogP contribution is 2.26. The van der Waals surface area contributed by atoms with Gasteiger partial charge in [-0.2, -0.15) is 4.31 Å². The van der Waals surface area contributed by atoms with Gasteiger partial charge in [-0.05, 0) is 48.6 Å². The molecule has 0 radical (unpaired) electrons. The van der Waals surface area contributed by atoms with Gasteiger partial charge in [0.25, 0.3) is 5.91 Å². The van der Waals surface area contributed by atoms with Gasteiger partial charge in [0.05, 0.1) is 24.7 Å². The van der Waals surface area contributed by atoms with Crippen LogP contribution in [0.1, 0.15) is 24.0 Å². The highest BCUT2D eigenvalue weighted by atomic mass is 32.2. The first-order valence-electron chi connectivity index (χ1n) is 11.5. The van der Waals surface area contributed by atoms with Crippen molar-refractivity contribution in [3.05, 3.63) is 59.7 Å². The van der Waals surface area contributed by atoms with Gasteiger partial charge in [0.15, 0.2) is 0 Å². The number of para-hydroxylation sites is 1. The summed E-state index contributed by atoms with van der Waals surface area (Å²) < 4.78 is 32.0. The van der Waals surface area contributed by atoms with Crippen LogP contribution in [0.5, 0.6) is 0 Å². The molecule has 0 spiro atoms. The van der Waals surface area contributed by atoms with Crippen LogP contribution in [0.15, 0.2) is 53.4 Å². The Morgan fingerprint density at radius 1 is 0.912 bits per heavy atom. The van der Waals surface area contributed by atoms with Gasteiger partial charge in [-0.25, -0.2) is 8.42 Å². The molecule has 1 fully saturated rings. The first-order chi connectivity index (χ1) is 16.4. The molecule has 0 aromatic heterocycles. The van der Waals surface area contributed by atoms with E-state index in [9.17, 15) is 18.0 Å². The highest BCUT2D eigenvalue weighted by molar-refractivity contribution is 7.89. The van der Waals surface area contributed by atoms with Crippen LogP contribution in [-0.2, 0) is 37.2 Å². The van der Waals surface area contributed by atoms with Crippen molar-refractivity contribution in [1.29, 1.82) is 0 Å². The van der Waals surface area contributed by atoms with Gasteiger partial charge in [-0.1, -0.05) is 30.3 Å². The zero-order valence-corrected chi connectivity index (χ0v) is 19.9. The first-order valence-corrected chi connectivity index (χ1v) is 12.9. The van der Waals surface area contributed by atoms with Crippen LogP contribution in [-0.4, -0.2) is 63.9 Å². The number of amides is 2. The van der Waals surface area contributed by atoms with Crippen molar-refractivity contribution in [2.45, 2.75) is 30.6 Å². The molecule has 0 saturated carbocycles. The Balaban J connectivity index is 1.22. The van der Waals surface area contributed by atoms with E-state index in [4.69, 9.17) is 4.74 Å². The third kappa shape index (κ3) is 5.94. The minimum atomic E-state index is -3.54. The Kier molecular flexibility index (Phi) is 7.81. The Morgan fingerprint density at radius 2 is 1.62 bits per heavy atom. The number of carbonyl (C=O) groups is 2. The number of carbonyl (C=O) groups excluding carboxylic acids is 2. The number of ether oxygens (including phenoxy) is 1. The summed E-state index contributed by atoms with van der Waals surface area (Å²) in [5.74, 6) is -0.583. The molecule has 2 aliphatic rings. The predicted molar refractivity (Wildman–Crippen MR) is 128 cm³/mol. The lowest BCUT2D eigenvalue weighted by Crippen LogP contribution is -2.47. The van der Waals surface area contributed by atoms with Gasteiger partial charge in [0.1, 0.15) is 0 Å². The summed E-state index contributed by atoms with van der Waals surface area (Å²) in [6.07, 6.45) is 2.59. The van der Waals surface area contributed by atoms with E-state index in [-0.39, 0.29) is 29.7 Å². The number of aryl methyl sites for hydroxylation is 2. The quantitative estimate of drug-likeness (QED) is 0.570. The van der Waals surface area contributed by atoms with Gasteiger partial charge in [-0.15, -0.1) is 0 Å². The molecule has 2 aliphatic heterocycles. The fraction of sp³-hybridized carbons (Fsp3) is 0.417. The Bertz CT molecular complexity index is 1110. The normalized spacial score (nSPS) is 16.5. The molecule has 34 heavy (non-hydrogen) atoms. The first kappa shape index (κ1) is 24.2. The average molecular weight is 487 g/mol. The van der Waals surface area contributed by atoms with Gasteiger partial charge in [0, 0.05) is 31.7 Å². The van der Waals surface area contributed by atoms with E-state index >= 15 is 0 Å². The molecule has 0 aliphatic carbocycles. The molecule has 10 heteroatoms. The maximum absolute atomic E-state index is 12.7. The molecule has 2 N–H and O–H groups in total. The summed E-state index contributed by atoms with van der Waals surface area (Å²) in [5, 5.41) is 0. The molecule has 2 aromatic rings. The number of sulfonamides is 1. The van der Waals surface area contributed by atoms with Crippen LogP contribution in [0, 0.1) is 0 Å². The van der Waals surface area contributed by atoms with Gasteiger partial charge in [0.2, 0.25) is 15.9 Å². The van der Waals surface area contributed by atoms with Gasteiger partial charge < -0.3 is 9.64 Å². The molecule has 0 bridgehead atoms. The molecular weight excluding hydrogens is 456 g/mol. The molecular formula is C24H30N4O5S. The SMILES string of the molecule is O=C(CCc1ccc(S(=O)(=O)N2CCOCC2)cc1)NNC(=O)CN1CCCc2ccccc21. The fourth-order valence-corrected chi connectivity index (χ4v) is 5.62. The van der Waals surface area contributed by atoms with Crippen molar-refractivity contribution in [2.75, 3.05) is 44.3 Å². The van der Waals surface area contributed by atoms with E-state index in [0.717, 1.165) is 30.6 Å². The van der Waals surface area contributed by atoms with Crippen molar-refractivity contribution in [3.63, 3.8) is 0 Å². The van der Waals surface area contributed by atoms with Crippen LogP contribution < -0.4 is 15.8 Å². The van der Waals surface area contributed by atoms with Crippen molar-refractivity contribution in [1.82, 2.24) is 15.2 Å². The van der Waals surface area contributed by atoms with Gasteiger partial charge in [-0.3, -0.25) is 20.4 Å². The number of hydrazine groups is 1. The maximum atomic E-state index is 12.7. The van der Waals surface area contributed by atoms with Crippen molar-refractivity contribution < 1.29 is 22.7 Å². The number of fused-ring (bicyclic) bond motifs is 1. The Labute approximate surface area is 200 Å². The topological polar surface area (TPSA) is 108 Å². The van der Waals surface area contributed by atoms with Crippen LogP contribution in [0.4, 0.5) is 5.69 Å². The van der Waals surface area contributed by atoms with E-state index in [2.05, 4.69) is 16.9 Å². The number of nitrogens with zero attached hydrogens (tertiary/aromatic N) is 2. The average Bonchev–Trinajstić information content (AvgIpc) is 2.87. The molecule has 182 valence electrons. The zero-order chi connectivity index (χ0) is 24.0. The monoisotopic (exact) mass is 486 g/mol.